The summed E-state index contributed by atoms with van der Waals surface area (Å²) in [6.07, 6.45) is 2.77. The fraction of sp³-hybridized carbons (Fsp3) is 0.267. The van der Waals surface area contributed by atoms with Crippen molar-refractivity contribution >= 4 is 5.82 Å². The smallest absolute Gasteiger partial charge is 0.126 e. The molecule has 2 aromatic rings. The van der Waals surface area contributed by atoms with Crippen LogP contribution in [0.1, 0.15) is 18.1 Å². The zero-order valence-corrected chi connectivity index (χ0v) is 10.8. The Hall–Kier alpha value is -2.03. The van der Waals surface area contributed by atoms with E-state index in [1.807, 2.05) is 37.4 Å². The van der Waals surface area contributed by atoms with Gasteiger partial charge >= 0.3 is 0 Å². The number of hydrogen-bond donors (Lipinski definition) is 1. The number of nitrogens with one attached hydrogen (secondary N) is 1. The molecule has 3 heteroatoms. The van der Waals surface area contributed by atoms with E-state index in [0.29, 0.717) is 6.61 Å². The van der Waals surface area contributed by atoms with Crippen LogP contribution in [0.4, 0.5) is 5.82 Å². The molecule has 1 aromatic heterocycles. The summed E-state index contributed by atoms with van der Waals surface area (Å²) in [5, 5.41) is 3.02. The highest BCUT2D eigenvalue weighted by Gasteiger charge is 2.02. The predicted octanol–water partition coefficient (Wildman–Crippen LogP) is 3.26. The van der Waals surface area contributed by atoms with Crippen LogP contribution in [0.5, 0.6) is 5.75 Å². The third-order valence-electron chi connectivity index (χ3n) is 2.83. The van der Waals surface area contributed by atoms with Gasteiger partial charge < -0.3 is 10.1 Å². The van der Waals surface area contributed by atoms with Gasteiger partial charge in [0.05, 0.1) is 0 Å². The Kier molecular flexibility index (Phi) is 4.18. The topological polar surface area (TPSA) is 34.1 Å². The zero-order valence-electron chi connectivity index (χ0n) is 10.8. The highest BCUT2D eigenvalue weighted by atomic mass is 16.5. The molecule has 0 radical (unpaired) electrons. The Morgan fingerprint density at radius 1 is 1.22 bits per heavy atom. The normalized spacial score (nSPS) is 10.1. The Morgan fingerprint density at radius 3 is 2.83 bits per heavy atom. The van der Waals surface area contributed by atoms with Gasteiger partial charge in [0.1, 0.15) is 18.2 Å². The summed E-state index contributed by atoms with van der Waals surface area (Å²) in [7, 11) is 1.86. The van der Waals surface area contributed by atoms with Gasteiger partial charge in [-0.15, -0.1) is 0 Å². The van der Waals surface area contributed by atoms with E-state index >= 15 is 0 Å². The number of pyridine rings is 1. The summed E-state index contributed by atoms with van der Waals surface area (Å²) in [6, 6.07) is 12.1. The minimum Gasteiger partial charge on any atom is -0.489 e. The summed E-state index contributed by atoms with van der Waals surface area (Å²) in [4.78, 5) is 4.18. The van der Waals surface area contributed by atoms with Crippen molar-refractivity contribution in [1.82, 2.24) is 4.98 Å². The van der Waals surface area contributed by atoms with Crippen molar-refractivity contribution in [2.75, 3.05) is 12.4 Å². The number of benzene rings is 1. The van der Waals surface area contributed by atoms with Crippen LogP contribution in [0.15, 0.2) is 42.6 Å². The fourth-order valence-electron chi connectivity index (χ4n) is 1.80. The van der Waals surface area contributed by atoms with Gasteiger partial charge in [0, 0.05) is 13.2 Å². The number of anilines is 1. The van der Waals surface area contributed by atoms with Crippen molar-refractivity contribution in [2.45, 2.75) is 20.0 Å². The maximum Gasteiger partial charge on any atom is 0.126 e. The number of para-hydroxylation sites is 1. The van der Waals surface area contributed by atoms with Gasteiger partial charge in [-0.2, -0.15) is 0 Å². The van der Waals surface area contributed by atoms with E-state index in [1.54, 1.807) is 6.20 Å². The van der Waals surface area contributed by atoms with E-state index in [-0.39, 0.29) is 0 Å². The first-order valence-electron chi connectivity index (χ1n) is 6.17. The van der Waals surface area contributed by atoms with Gasteiger partial charge in [-0.3, -0.25) is 0 Å². The minimum atomic E-state index is 0.564. The molecule has 0 fully saturated rings. The highest BCUT2D eigenvalue weighted by molar-refractivity contribution is 5.37. The molecule has 0 aliphatic rings. The molecular weight excluding hydrogens is 224 g/mol. The first-order chi connectivity index (χ1) is 8.83. The van der Waals surface area contributed by atoms with Crippen molar-refractivity contribution in [3.8, 4) is 5.75 Å². The van der Waals surface area contributed by atoms with Crippen LogP contribution < -0.4 is 10.1 Å². The molecule has 1 heterocycles. The third-order valence-corrected chi connectivity index (χ3v) is 2.83. The van der Waals surface area contributed by atoms with E-state index < -0.39 is 0 Å². The van der Waals surface area contributed by atoms with Crippen LogP contribution in [-0.4, -0.2) is 12.0 Å². The first kappa shape index (κ1) is 12.4. The lowest BCUT2D eigenvalue weighted by molar-refractivity contribution is 0.303. The van der Waals surface area contributed by atoms with Gasteiger partial charge in [0.25, 0.3) is 0 Å². The van der Waals surface area contributed by atoms with Crippen molar-refractivity contribution in [3.05, 3.63) is 53.7 Å². The van der Waals surface area contributed by atoms with E-state index in [4.69, 9.17) is 4.74 Å². The van der Waals surface area contributed by atoms with E-state index in [2.05, 4.69) is 23.3 Å². The Morgan fingerprint density at radius 2 is 2.06 bits per heavy atom. The quantitative estimate of drug-likeness (QED) is 0.873. The monoisotopic (exact) mass is 242 g/mol. The molecule has 0 aliphatic carbocycles. The first-order valence-corrected chi connectivity index (χ1v) is 6.17. The molecule has 1 N–H and O–H groups in total. The Bertz CT molecular complexity index is 511. The second-order valence-corrected chi connectivity index (χ2v) is 4.05. The van der Waals surface area contributed by atoms with E-state index in [9.17, 15) is 0 Å². The van der Waals surface area contributed by atoms with Crippen LogP contribution >= 0.6 is 0 Å². The molecule has 0 atom stereocenters. The van der Waals surface area contributed by atoms with Crippen LogP contribution in [-0.2, 0) is 13.0 Å². The number of rotatable bonds is 5. The summed E-state index contributed by atoms with van der Waals surface area (Å²) < 4.78 is 5.86. The second-order valence-electron chi connectivity index (χ2n) is 4.05. The van der Waals surface area contributed by atoms with Crippen LogP contribution in [0, 0.1) is 0 Å². The number of ether oxygens (including phenoxy) is 1. The average Bonchev–Trinajstić information content (AvgIpc) is 2.45. The van der Waals surface area contributed by atoms with Crippen LogP contribution in [0.2, 0.25) is 0 Å². The van der Waals surface area contributed by atoms with Crippen molar-refractivity contribution < 1.29 is 4.74 Å². The fourth-order valence-corrected chi connectivity index (χ4v) is 1.80. The lowest BCUT2D eigenvalue weighted by Crippen LogP contribution is -2.00. The molecule has 18 heavy (non-hydrogen) atoms. The molecule has 0 aliphatic heterocycles. The lowest BCUT2D eigenvalue weighted by atomic mass is 10.1. The molecule has 0 saturated carbocycles. The van der Waals surface area contributed by atoms with Crippen LogP contribution in [0.25, 0.3) is 0 Å². The lowest BCUT2D eigenvalue weighted by Gasteiger charge is -2.10. The number of nitrogens with zero attached hydrogens (tertiary/aromatic N) is 1. The zero-order chi connectivity index (χ0) is 12.8. The second kappa shape index (κ2) is 6.05. The molecule has 1 aromatic carbocycles. The molecule has 0 spiro atoms. The largest absolute Gasteiger partial charge is 0.489 e. The summed E-state index contributed by atoms with van der Waals surface area (Å²) in [5.41, 5.74) is 2.35. The van der Waals surface area contributed by atoms with Gasteiger partial charge in [0.2, 0.25) is 0 Å². The molecule has 0 bridgehead atoms. The number of aryl methyl sites for hydroxylation is 1. The predicted molar refractivity (Wildman–Crippen MR) is 73.9 cm³/mol. The minimum absolute atomic E-state index is 0.564. The number of aromatic nitrogens is 1. The van der Waals surface area contributed by atoms with Crippen LogP contribution in [0.3, 0.4) is 0 Å². The molecule has 2 rings (SSSR count). The Balaban J connectivity index is 2.06. The van der Waals surface area contributed by atoms with Crippen molar-refractivity contribution in [3.63, 3.8) is 0 Å². The van der Waals surface area contributed by atoms with E-state index in [1.165, 1.54) is 5.56 Å². The highest BCUT2D eigenvalue weighted by Crippen LogP contribution is 2.20. The Labute approximate surface area is 108 Å². The molecular formula is C15H18N2O. The standard InChI is InChI=1S/C15H18N2O/c1-3-13-6-4-5-7-14(13)18-11-12-8-9-17-15(10-12)16-2/h4-10H,3,11H2,1-2H3,(H,16,17). The van der Waals surface area contributed by atoms with E-state index in [0.717, 1.165) is 23.6 Å². The van der Waals surface area contributed by atoms with Gasteiger partial charge in [-0.05, 0) is 35.7 Å². The summed E-state index contributed by atoms with van der Waals surface area (Å²) in [6.45, 7) is 2.70. The van der Waals surface area contributed by atoms with Gasteiger partial charge in [-0.25, -0.2) is 4.98 Å². The third kappa shape index (κ3) is 3.00. The summed E-state index contributed by atoms with van der Waals surface area (Å²) >= 11 is 0. The molecule has 0 unspecified atom stereocenters. The number of hydrogen-bond acceptors (Lipinski definition) is 3. The molecule has 0 amide bonds. The maximum absolute atomic E-state index is 5.86. The summed E-state index contributed by atoms with van der Waals surface area (Å²) in [5.74, 6) is 1.82. The van der Waals surface area contributed by atoms with Gasteiger partial charge in [-0.1, -0.05) is 25.1 Å². The SMILES string of the molecule is CCc1ccccc1OCc1ccnc(NC)c1. The molecule has 94 valence electrons. The average molecular weight is 242 g/mol. The molecule has 3 nitrogen and oxygen atoms in total. The van der Waals surface area contributed by atoms with Crippen molar-refractivity contribution in [1.29, 1.82) is 0 Å². The molecule has 0 saturated heterocycles. The van der Waals surface area contributed by atoms with Crippen molar-refractivity contribution in [2.24, 2.45) is 0 Å². The maximum atomic E-state index is 5.86. The van der Waals surface area contributed by atoms with Gasteiger partial charge in [0.15, 0.2) is 0 Å².